The van der Waals surface area contributed by atoms with Crippen molar-refractivity contribution in [2.24, 2.45) is 0 Å². The monoisotopic (exact) mass is 368 g/mol. The minimum absolute atomic E-state index is 0.0288. The number of methoxy groups -OCH3 is 1. The highest BCUT2D eigenvalue weighted by Crippen LogP contribution is 2.25. The van der Waals surface area contributed by atoms with Crippen LogP contribution in [0.25, 0.3) is 11.1 Å². The molecule has 6 heteroatoms. The van der Waals surface area contributed by atoms with E-state index in [1.807, 2.05) is 48.5 Å². The van der Waals surface area contributed by atoms with Gasteiger partial charge in [0.05, 0.1) is 13.7 Å². The molecule has 0 aliphatic carbocycles. The van der Waals surface area contributed by atoms with E-state index in [9.17, 15) is 4.79 Å². The molecule has 3 rings (SSSR count). The van der Waals surface area contributed by atoms with Gasteiger partial charge in [-0.15, -0.1) is 0 Å². The lowest BCUT2D eigenvalue weighted by molar-refractivity contribution is 0.132. The maximum Gasteiger partial charge on any atom is 0.513 e. The zero-order valence-electron chi connectivity index (χ0n) is 15.1. The summed E-state index contributed by atoms with van der Waals surface area (Å²) in [6, 6.07) is 17.3. The number of ether oxygens (including phenoxy) is 3. The van der Waals surface area contributed by atoms with Crippen molar-refractivity contribution in [2.45, 2.75) is 13.3 Å². The van der Waals surface area contributed by atoms with Crippen molar-refractivity contribution in [3.63, 3.8) is 0 Å². The van der Waals surface area contributed by atoms with Crippen molar-refractivity contribution in [2.75, 3.05) is 13.7 Å². The molecule has 0 spiro atoms. The van der Waals surface area contributed by atoms with Gasteiger partial charge in [0.15, 0.2) is 0 Å². The van der Waals surface area contributed by atoms with Crippen LogP contribution in [0, 0.1) is 6.92 Å². The molecule has 0 unspecified atom stereocenters. The summed E-state index contributed by atoms with van der Waals surface area (Å²) in [6.07, 6.45) is -0.818. The van der Waals surface area contributed by atoms with Gasteiger partial charge >= 0.3 is 6.16 Å². The highest BCUT2D eigenvalue weighted by atomic mass is 16.7. The summed E-state index contributed by atoms with van der Waals surface area (Å²) in [5.41, 5.74) is 3.04. The van der Waals surface area contributed by atoms with Gasteiger partial charge in [-0.2, -0.15) is 0 Å². The summed E-state index contributed by atoms with van der Waals surface area (Å²) in [5, 5.41) is 8.61. The largest absolute Gasteiger partial charge is 0.513 e. The fourth-order valence-corrected chi connectivity index (χ4v) is 2.68. The van der Waals surface area contributed by atoms with Gasteiger partial charge in [-0.1, -0.05) is 24.3 Å². The van der Waals surface area contributed by atoms with Crippen LogP contribution < -0.4 is 14.2 Å². The highest BCUT2D eigenvalue weighted by Gasteiger charge is 2.11. The normalized spacial score (nSPS) is 10.4. The first-order valence-corrected chi connectivity index (χ1v) is 8.42. The first-order chi connectivity index (χ1) is 13.0. The third-order valence-electron chi connectivity index (χ3n) is 4.10. The van der Waals surface area contributed by atoms with Crippen molar-refractivity contribution in [1.82, 2.24) is 0 Å². The Kier molecular flexibility index (Phi) is 5.66. The molecule has 0 fully saturated rings. The van der Waals surface area contributed by atoms with Crippen molar-refractivity contribution < 1.29 is 28.5 Å². The number of rotatable bonds is 7. The second-order valence-corrected chi connectivity index (χ2v) is 5.87. The second-order valence-electron chi connectivity index (χ2n) is 5.87. The van der Waals surface area contributed by atoms with Crippen molar-refractivity contribution in [3.8, 4) is 28.6 Å². The summed E-state index contributed by atoms with van der Waals surface area (Å²) >= 11 is 0. The van der Waals surface area contributed by atoms with Crippen molar-refractivity contribution in [3.05, 3.63) is 65.9 Å². The lowest BCUT2D eigenvalue weighted by Gasteiger charge is -2.08. The van der Waals surface area contributed by atoms with Gasteiger partial charge in [0.25, 0.3) is 5.95 Å². The lowest BCUT2D eigenvalue weighted by Crippen LogP contribution is -2.02. The molecule has 0 aliphatic heterocycles. The first-order valence-electron chi connectivity index (χ1n) is 8.42. The number of furan rings is 1. The Morgan fingerprint density at radius 3 is 2.15 bits per heavy atom. The van der Waals surface area contributed by atoms with Gasteiger partial charge in [-0.3, -0.25) is 0 Å². The summed E-state index contributed by atoms with van der Waals surface area (Å²) in [4.78, 5) is 10.5. The molecule has 140 valence electrons. The van der Waals surface area contributed by atoms with E-state index in [1.54, 1.807) is 20.1 Å². The summed E-state index contributed by atoms with van der Waals surface area (Å²) < 4.78 is 20.7. The number of hydrogen-bond acceptors (Lipinski definition) is 5. The summed E-state index contributed by atoms with van der Waals surface area (Å²) in [6.45, 7) is 2.20. The number of benzene rings is 2. The van der Waals surface area contributed by atoms with Gasteiger partial charge in [-0.25, -0.2) is 4.79 Å². The number of aryl methyl sites for hydroxylation is 1. The Morgan fingerprint density at radius 1 is 1.00 bits per heavy atom. The first kappa shape index (κ1) is 18.4. The Hall–Kier alpha value is -3.41. The molecular formula is C21H20O6. The minimum Gasteiger partial charge on any atom is -0.497 e. The van der Waals surface area contributed by atoms with E-state index in [0.29, 0.717) is 18.8 Å². The van der Waals surface area contributed by atoms with Crippen LogP contribution in [-0.2, 0) is 6.42 Å². The highest BCUT2D eigenvalue weighted by molar-refractivity contribution is 5.64. The smallest absolute Gasteiger partial charge is 0.497 e. The van der Waals surface area contributed by atoms with E-state index >= 15 is 0 Å². The van der Waals surface area contributed by atoms with Crippen LogP contribution in [0.3, 0.4) is 0 Å². The zero-order valence-corrected chi connectivity index (χ0v) is 15.1. The Labute approximate surface area is 156 Å². The topological polar surface area (TPSA) is 78.1 Å². The molecular weight excluding hydrogens is 348 g/mol. The molecule has 0 bridgehead atoms. The molecule has 0 saturated carbocycles. The molecule has 1 heterocycles. The van der Waals surface area contributed by atoms with Gasteiger partial charge in [0.2, 0.25) is 0 Å². The maximum atomic E-state index is 10.5. The van der Waals surface area contributed by atoms with E-state index in [-0.39, 0.29) is 5.95 Å². The van der Waals surface area contributed by atoms with Gasteiger partial charge < -0.3 is 23.7 Å². The number of carbonyl (C=O) groups is 1. The average molecular weight is 368 g/mol. The molecule has 1 N–H and O–H groups in total. The van der Waals surface area contributed by atoms with Crippen LogP contribution in [0.1, 0.15) is 11.3 Å². The lowest BCUT2D eigenvalue weighted by atomic mass is 10.1. The van der Waals surface area contributed by atoms with Crippen LogP contribution in [0.5, 0.6) is 17.4 Å². The van der Waals surface area contributed by atoms with E-state index < -0.39 is 6.16 Å². The predicted octanol–water partition coefficient (Wildman–Crippen LogP) is 4.94. The Morgan fingerprint density at radius 2 is 1.59 bits per heavy atom. The maximum absolute atomic E-state index is 10.5. The van der Waals surface area contributed by atoms with Gasteiger partial charge in [0.1, 0.15) is 17.3 Å². The predicted molar refractivity (Wildman–Crippen MR) is 99.7 cm³/mol. The van der Waals surface area contributed by atoms with Gasteiger partial charge in [0, 0.05) is 18.1 Å². The third-order valence-corrected chi connectivity index (χ3v) is 4.10. The Balaban J connectivity index is 1.56. The molecule has 1 aromatic heterocycles. The van der Waals surface area contributed by atoms with E-state index in [1.165, 1.54) is 0 Å². The van der Waals surface area contributed by atoms with Crippen LogP contribution in [-0.4, -0.2) is 25.0 Å². The minimum atomic E-state index is -1.40. The van der Waals surface area contributed by atoms with Crippen molar-refractivity contribution in [1.29, 1.82) is 0 Å². The molecule has 6 nitrogen and oxygen atoms in total. The molecule has 2 aromatic carbocycles. The van der Waals surface area contributed by atoms with E-state index in [0.717, 1.165) is 28.2 Å². The van der Waals surface area contributed by atoms with Crippen LogP contribution >= 0.6 is 0 Å². The average Bonchev–Trinajstić information content (AvgIpc) is 3.01. The molecule has 27 heavy (non-hydrogen) atoms. The van der Waals surface area contributed by atoms with Crippen LogP contribution in [0.4, 0.5) is 4.79 Å². The quantitative estimate of drug-likeness (QED) is 0.595. The molecule has 0 aliphatic rings. The molecule has 0 saturated heterocycles. The van der Waals surface area contributed by atoms with Crippen molar-refractivity contribution >= 4 is 6.16 Å². The van der Waals surface area contributed by atoms with E-state index in [4.69, 9.17) is 19.0 Å². The number of hydrogen-bond donors (Lipinski definition) is 1. The summed E-state index contributed by atoms with van der Waals surface area (Å²) in [7, 11) is 1.64. The van der Waals surface area contributed by atoms with E-state index in [2.05, 4.69) is 4.74 Å². The molecule has 3 aromatic rings. The third kappa shape index (κ3) is 4.82. The molecule has 0 amide bonds. The second kappa shape index (κ2) is 8.31. The fraction of sp³-hybridized carbons (Fsp3) is 0.190. The summed E-state index contributed by atoms with van der Waals surface area (Å²) in [5.74, 6) is 2.17. The molecule has 0 radical (unpaired) electrons. The van der Waals surface area contributed by atoms with Gasteiger partial charge in [-0.05, 0) is 42.3 Å². The Bertz CT molecular complexity index is 893. The SMILES string of the molecule is COc1ccc(-c2ccc(OCCc3cc(OC(=O)O)oc3C)cc2)cc1. The standard InChI is InChI=1S/C21H20O6/c1-14-17(13-20(26-14)27-21(22)23)11-12-25-19-9-5-16(6-10-19)15-3-7-18(24-2)8-4-15/h3-10,13H,11-12H2,1-2H3,(H,22,23). The van der Waals surface area contributed by atoms with Crippen LogP contribution in [0.2, 0.25) is 0 Å². The molecule has 0 atom stereocenters. The fourth-order valence-electron chi connectivity index (χ4n) is 2.68. The zero-order chi connectivity index (χ0) is 19.2. The number of carboxylic acid groups (broad SMARTS) is 1. The van der Waals surface area contributed by atoms with Crippen LogP contribution in [0.15, 0.2) is 59.0 Å².